The van der Waals surface area contributed by atoms with Crippen LogP contribution in [0.15, 0.2) is 17.0 Å². The maximum absolute atomic E-state index is 12.3. The van der Waals surface area contributed by atoms with Gasteiger partial charge in [0.2, 0.25) is 0 Å². The van der Waals surface area contributed by atoms with Gasteiger partial charge in [-0.2, -0.15) is 0 Å². The van der Waals surface area contributed by atoms with Crippen LogP contribution >= 0.6 is 0 Å². The predicted molar refractivity (Wildman–Crippen MR) is 74.4 cm³/mol. The first-order valence-electron chi connectivity index (χ1n) is 6.85. The van der Waals surface area contributed by atoms with Crippen molar-refractivity contribution in [3.05, 3.63) is 17.7 Å². The van der Waals surface area contributed by atoms with Crippen LogP contribution in [0.3, 0.4) is 0 Å². The maximum atomic E-state index is 12.3. The van der Waals surface area contributed by atoms with Crippen LogP contribution in [0.25, 0.3) is 0 Å². The lowest BCUT2D eigenvalue weighted by Crippen LogP contribution is -2.22. The third-order valence-corrected chi connectivity index (χ3v) is 5.07. The highest BCUT2D eigenvalue weighted by Gasteiger charge is 2.26. The van der Waals surface area contributed by atoms with Crippen LogP contribution in [0.2, 0.25) is 0 Å². The van der Waals surface area contributed by atoms with Gasteiger partial charge in [-0.1, -0.05) is 6.92 Å². The lowest BCUT2D eigenvalue weighted by molar-refractivity contribution is 0.170. The first kappa shape index (κ1) is 12.9. The number of hydrogen-bond donors (Lipinski definition) is 1. The fourth-order valence-electron chi connectivity index (χ4n) is 2.70. The summed E-state index contributed by atoms with van der Waals surface area (Å²) in [5.41, 5.74) is 1.11. The summed E-state index contributed by atoms with van der Waals surface area (Å²) in [6.45, 7) is 4.15. The third kappa shape index (κ3) is 2.49. The van der Waals surface area contributed by atoms with Gasteiger partial charge in [0.1, 0.15) is 13.2 Å². The molecular formula is C14H19NO3S. The number of ether oxygens (including phenoxy) is 2. The number of hydrogen-bond acceptors (Lipinski definition) is 4. The summed E-state index contributed by atoms with van der Waals surface area (Å²) in [5, 5.41) is 3.48. The minimum atomic E-state index is -0.930. The smallest absolute Gasteiger partial charge is 0.162 e. The molecule has 0 saturated heterocycles. The van der Waals surface area contributed by atoms with E-state index in [0.717, 1.165) is 47.1 Å². The van der Waals surface area contributed by atoms with Crippen molar-refractivity contribution in [2.45, 2.75) is 30.7 Å². The van der Waals surface area contributed by atoms with Crippen molar-refractivity contribution in [1.29, 1.82) is 0 Å². The summed E-state index contributed by atoms with van der Waals surface area (Å²) in [5.74, 6) is 2.25. The van der Waals surface area contributed by atoms with Gasteiger partial charge in [0.25, 0.3) is 0 Å². The van der Waals surface area contributed by atoms with E-state index in [1.807, 2.05) is 12.1 Å². The van der Waals surface area contributed by atoms with E-state index in [1.165, 1.54) is 0 Å². The molecule has 2 unspecified atom stereocenters. The Morgan fingerprint density at radius 3 is 2.79 bits per heavy atom. The molecule has 0 amide bonds. The Morgan fingerprint density at radius 2 is 2.05 bits per heavy atom. The zero-order valence-corrected chi connectivity index (χ0v) is 11.9. The molecule has 2 aliphatic heterocycles. The Morgan fingerprint density at radius 1 is 1.32 bits per heavy atom. The molecule has 1 N–H and O–H groups in total. The van der Waals surface area contributed by atoms with Gasteiger partial charge in [0.15, 0.2) is 11.5 Å². The van der Waals surface area contributed by atoms with Crippen molar-refractivity contribution in [1.82, 2.24) is 5.32 Å². The van der Waals surface area contributed by atoms with Crippen LogP contribution in [0.1, 0.15) is 31.4 Å². The monoisotopic (exact) mass is 281 g/mol. The first-order chi connectivity index (χ1) is 9.29. The summed E-state index contributed by atoms with van der Waals surface area (Å²) in [6, 6.07) is 4.19. The van der Waals surface area contributed by atoms with Crippen LogP contribution < -0.4 is 14.8 Å². The Labute approximate surface area is 115 Å². The van der Waals surface area contributed by atoms with Gasteiger partial charge in [-0.3, -0.25) is 4.21 Å². The SMILES string of the molecule is CCNC1CCCS(=O)c2cc3c(cc21)OCCO3. The lowest BCUT2D eigenvalue weighted by Gasteiger charge is -2.23. The van der Waals surface area contributed by atoms with Crippen LogP contribution in [-0.2, 0) is 10.8 Å². The molecule has 19 heavy (non-hydrogen) atoms. The summed E-state index contributed by atoms with van der Waals surface area (Å²) in [7, 11) is -0.930. The summed E-state index contributed by atoms with van der Waals surface area (Å²) in [4.78, 5) is 0.910. The molecule has 2 heterocycles. The average molecular weight is 281 g/mol. The molecule has 5 heteroatoms. The highest BCUT2D eigenvalue weighted by Crippen LogP contribution is 2.39. The van der Waals surface area contributed by atoms with E-state index in [1.54, 1.807) is 0 Å². The van der Waals surface area contributed by atoms with Crippen molar-refractivity contribution in [3.8, 4) is 11.5 Å². The van der Waals surface area contributed by atoms with E-state index < -0.39 is 10.8 Å². The van der Waals surface area contributed by atoms with Gasteiger partial charge >= 0.3 is 0 Å². The van der Waals surface area contributed by atoms with E-state index in [2.05, 4.69) is 12.2 Å². The Kier molecular flexibility index (Phi) is 3.75. The topological polar surface area (TPSA) is 47.6 Å². The van der Waals surface area contributed by atoms with Crippen LogP contribution in [0, 0.1) is 0 Å². The van der Waals surface area contributed by atoms with E-state index >= 15 is 0 Å². The second kappa shape index (κ2) is 5.51. The van der Waals surface area contributed by atoms with Crippen molar-refractivity contribution in [3.63, 3.8) is 0 Å². The van der Waals surface area contributed by atoms with Crippen LogP contribution in [-0.4, -0.2) is 29.7 Å². The maximum Gasteiger partial charge on any atom is 0.162 e. The zero-order chi connectivity index (χ0) is 13.2. The van der Waals surface area contributed by atoms with E-state index in [0.29, 0.717) is 13.2 Å². The first-order valence-corrected chi connectivity index (χ1v) is 8.16. The molecule has 0 fully saturated rings. The van der Waals surface area contributed by atoms with Crippen molar-refractivity contribution < 1.29 is 13.7 Å². The molecule has 1 aromatic carbocycles. The van der Waals surface area contributed by atoms with E-state index in [4.69, 9.17) is 9.47 Å². The Bertz CT molecular complexity index is 504. The number of benzene rings is 1. The molecule has 2 aliphatic rings. The highest BCUT2D eigenvalue weighted by atomic mass is 32.2. The molecule has 0 aromatic heterocycles. The normalized spacial score (nSPS) is 25.5. The van der Waals surface area contributed by atoms with E-state index in [9.17, 15) is 4.21 Å². The summed E-state index contributed by atoms with van der Waals surface area (Å²) < 4.78 is 23.6. The van der Waals surface area contributed by atoms with Crippen molar-refractivity contribution in [2.75, 3.05) is 25.5 Å². The second-order valence-electron chi connectivity index (χ2n) is 4.84. The second-order valence-corrected chi connectivity index (χ2v) is 6.37. The van der Waals surface area contributed by atoms with Gasteiger partial charge in [0.05, 0.1) is 10.8 Å². The molecule has 0 radical (unpaired) electrons. The van der Waals surface area contributed by atoms with Gasteiger partial charge in [-0.15, -0.1) is 0 Å². The summed E-state index contributed by atoms with van der Waals surface area (Å²) in [6.07, 6.45) is 2.00. The fraction of sp³-hybridized carbons (Fsp3) is 0.571. The van der Waals surface area contributed by atoms with Gasteiger partial charge in [-0.25, -0.2) is 0 Å². The van der Waals surface area contributed by atoms with Crippen molar-refractivity contribution >= 4 is 10.8 Å². The zero-order valence-electron chi connectivity index (χ0n) is 11.1. The van der Waals surface area contributed by atoms with Gasteiger partial charge < -0.3 is 14.8 Å². The number of nitrogens with one attached hydrogen (secondary N) is 1. The fourth-order valence-corrected chi connectivity index (χ4v) is 4.05. The minimum Gasteiger partial charge on any atom is -0.486 e. The van der Waals surface area contributed by atoms with Crippen LogP contribution in [0.5, 0.6) is 11.5 Å². The quantitative estimate of drug-likeness (QED) is 0.901. The average Bonchev–Trinajstić information content (AvgIpc) is 2.58. The van der Waals surface area contributed by atoms with Crippen molar-refractivity contribution in [2.24, 2.45) is 0 Å². The molecule has 2 atom stereocenters. The Hall–Kier alpha value is -1.07. The number of fused-ring (bicyclic) bond motifs is 2. The van der Waals surface area contributed by atoms with E-state index in [-0.39, 0.29) is 6.04 Å². The summed E-state index contributed by atoms with van der Waals surface area (Å²) >= 11 is 0. The predicted octanol–water partition coefficient (Wildman–Crippen LogP) is 2.01. The Balaban J connectivity index is 2.07. The van der Waals surface area contributed by atoms with Gasteiger partial charge in [0, 0.05) is 22.8 Å². The molecule has 3 rings (SSSR count). The minimum absolute atomic E-state index is 0.266. The third-order valence-electron chi connectivity index (χ3n) is 3.57. The molecule has 104 valence electrons. The molecule has 0 aliphatic carbocycles. The molecular weight excluding hydrogens is 262 g/mol. The molecule has 0 saturated carbocycles. The molecule has 4 nitrogen and oxygen atoms in total. The lowest BCUT2D eigenvalue weighted by atomic mass is 10.0. The number of rotatable bonds is 2. The highest BCUT2D eigenvalue weighted by molar-refractivity contribution is 7.85. The van der Waals surface area contributed by atoms with Gasteiger partial charge in [-0.05, 0) is 31.0 Å². The standard InChI is InChI=1S/C14H19NO3S/c1-2-15-11-4-3-7-19(16)14-9-13-12(8-10(11)14)17-5-6-18-13/h8-9,11,15H,2-7H2,1H3. The molecule has 1 aromatic rings. The van der Waals surface area contributed by atoms with Crippen LogP contribution in [0.4, 0.5) is 0 Å². The largest absolute Gasteiger partial charge is 0.486 e. The molecule has 0 bridgehead atoms. The molecule has 0 spiro atoms.